The highest BCUT2D eigenvalue weighted by molar-refractivity contribution is 5.39. The quantitative estimate of drug-likeness (QED) is 0.816. The topological polar surface area (TPSA) is 33.3 Å². The van der Waals surface area contributed by atoms with Crippen LogP contribution in [0.3, 0.4) is 0 Å². The summed E-state index contributed by atoms with van der Waals surface area (Å²) in [6.45, 7) is 3.08. The van der Waals surface area contributed by atoms with Gasteiger partial charge in [0.2, 0.25) is 0 Å². The Bertz CT molecular complexity index is 372. The van der Waals surface area contributed by atoms with Gasteiger partial charge < -0.3 is 15.4 Å². The number of para-hydroxylation sites is 1. The molecule has 1 fully saturated rings. The normalized spacial score (nSPS) is 28.2. The molecule has 0 aliphatic carbocycles. The molecule has 0 spiro atoms. The first-order valence-electron chi connectivity index (χ1n) is 6.62. The van der Waals surface area contributed by atoms with Gasteiger partial charge >= 0.3 is 0 Å². The second-order valence-electron chi connectivity index (χ2n) is 4.95. The molecule has 3 rings (SSSR count). The molecule has 1 aromatic carbocycles. The zero-order valence-corrected chi connectivity index (χ0v) is 10.1. The van der Waals surface area contributed by atoms with Crippen molar-refractivity contribution < 1.29 is 4.74 Å². The first kappa shape index (κ1) is 11.1. The number of rotatable bonds is 2. The first-order chi connectivity index (χ1) is 8.43. The summed E-state index contributed by atoms with van der Waals surface area (Å²) in [7, 11) is 0. The van der Waals surface area contributed by atoms with Gasteiger partial charge in [0, 0.05) is 11.6 Å². The van der Waals surface area contributed by atoms with E-state index in [4.69, 9.17) is 4.74 Å². The molecule has 2 N–H and O–H groups in total. The Kier molecular flexibility index (Phi) is 3.29. The van der Waals surface area contributed by atoms with Gasteiger partial charge in [0.05, 0.1) is 6.04 Å². The minimum absolute atomic E-state index is 0.384. The number of fused-ring (bicyclic) bond motifs is 1. The van der Waals surface area contributed by atoms with E-state index in [1.165, 1.54) is 24.8 Å². The summed E-state index contributed by atoms with van der Waals surface area (Å²) in [6.07, 6.45) is 3.76. The second-order valence-corrected chi connectivity index (χ2v) is 4.95. The van der Waals surface area contributed by atoms with Gasteiger partial charge in [0.25, 0.3) is 0 Å². The third-order valence-electron chi connectivity index (χ3n) is 3.71. The molecule has 0 saturated carbocycles. The molecular formula is C14H20N2O. The lowest BCUT2D eigenvalue weighted by atomic mass is 10.0. The number of nitrogens with one attached hydrogen (secondary N) is 2. The molecule has 1 saturated heterocycles. The van der Waals surface area contributed by atoms with Crippen LogP contribution >= 0.6 is 0 Å². The maximum atomic E-state index is 5.71. The fourth-order valence-electron chi connectivity index (χ4n) is 2.77. The van der Waals surface area contributed by atoms with Crippen LogP contribution in [-0.4, -0.2) is 25.7 Å². The van der Waals surface area contributed by atoms with E-state index in [1.54, 1.807) is 0 Å². The molecule has 1 aromatic rings. The van der Waals surface area contributed by atoms with Crippen molar-refractivity contribution in [3.05, 3.63) is 29.8 Å². The molecule has 3 nitrogen and oxygen atoms in total. The molecule has 0 bridgehead atoms. The predicted octanol–water partition coefficient (Wildman–Crippen LogP) is 1.85. The van der Waals surface area contributed by atoms with Crippen molar-refractivity contribution >= 4 is 0 Å². The Morgan fingerprint density at radius 1 is 1.18 bits per heavy atom. The molecule has 2 atom stereocenters. The van der Waals surface area contributed by atoms with E-state index in [0.29, 0.717) is 12.1 Å². The van der Waals surface area contributed by atoms with Crippen LogP contribution in [0.2, 0.25) is 0 Å². The minimum atomic E-state index is 0.384. The Morgan fingerprint density at radius 2 is 2.12 bits per heavy atom. The Labute approximate surface area is 103 Å². The largest absolute Gasteiger partial charge is 0.491 e. The van der Waals surface area contributed by atoms with Crippen molar-refractivity contribution in [2.75, 3.05) is 19.7 Å². The van der Waals surface area contributed by atoms with Crippen LogP contribution in [0.4, 0.5) is 0 Å². The van der Waals surface area contributed by atoms with E-state index in [1.807, 2.05) is 6.07 Å². The molecule has 2 unspecified atom stereocenters. The molecule has 3 heteroatoms. The van der Waals surface area contributed by atoms with Gasteiger partial charge in [-0.25, -0.2) is 0 Å². The third kappa shape index (κ3) is 2.45. The average molecular weight is 232 g/mol. The highest BCUT2D eigenvalue weighted by Gasteiger charge is 2.25. The van der Waals surface area contributed by atoms with Crippen LogP contribution in [0, 0.1) is 0 Å². The fraction of sp³-hybridized carbons (Fsp3) is 0.571. The van der Waals surface area contributed by atoms with E-state index in [9.17, 15) is 0 Å². The first-order valence-corrected chi connectivity index (χ1v) is 6.62. The lowest BCUT2D eigenvalue weighted by Gasteiger charge is -2.20. The van der Waals surface area contributed by atoms with Gasteiger partial charge in [0.1, 0.15) is 12.4 Å². The van der Waals surface area contributed by atoms with E-state index in [-0.39, 0.29) is 0 Å². The Hall–Kier alpha value is -1.06. The van der Waals surface area contributed by atoms with Gasteiger partial charge in [-0.1, -0.05) is 18.2 Å². The third-order valence-corrected chi connectivity index (χ3v) is 3.71. The summed E-state index contributed by atoms with van der Waals surface area (Å²) < 4.78 is 5.71. The van der Waals surface area contributed by atoms with E-state index in [2.05, 4.69) is 28.8 Å². The van der Waals surface area contributed by atoms with Gasteiger partial charge in [-0.2, -0.15) is 0 Å². The van der Waals surface area contributed by atoms with Gasteiger partial charge in [-0.3, -0.25) is 0 Å². The van der Waals surface area contributed by atoms with Crippen LogP contribution in [-0.2, 0) is 0 Å². The van der Waals surface area contributed by atoms with Crippen molar-refractivity contribution in [2.24, 2.45) is 0 Å². The van der Waals surface area contributed by atoms with Crippen LogP contribution in [0.15, 0.2) is 24.3 Å². The summed E-state index contributed by atoms with van der Waals surface area (Å²) in [4.78, 5) is 0. The van der Waals surface area contributed by atoms with Gasteiger partial charge in [0.15, 0.2) is 0 Å². The van der Waals surface area contributed by atoms with Crippen molar-refractivity contribution in [3.8, 4) is 5.75 Å². The maximum Gasteiger partial charge on any atom is 0.124 e. The monoisotopic (exact) mass is 232 g/mol. The SMILES string of the molecule is c1ccc2c(c1)OCC2NC1CCCNCC1. The molecular weight excluding hydrogens is 212 g/mol. The predicted molar refractivity (Wildman–Crippen MR) is 68.3 cm³/mol. The molecule has 2 aliphatic heterocycles. The van der Waals surface area contributed by atoms with E-state index < -0.39 is 0 Å². The Balaban J connectivity index is 1.66. The summed E-state index contributed by atoms with van der Waals surface area (Å²) in [5.41, 5.74) is 1.32. The lowest BCUT2D eigenvalue weighted by molar-refractivity contribution is 0.291. The Morgan fingerprint density at radius 3 is 3.12 bits per heavy atom. The summed E-state index contributed by atoms with van der Waals surface area (Å²) >= 11 is 0. The molecule has 0 amide bonds. The summed E-state index contributed by atoms with van der Waals surface area (Å²) in [6, 6.07) is 9.38. The molecule has 92 valence electrons. The molecule has 0 radical (unpaired) electrons. The molecule has 2 heterocycles. The van der Waals surface area contributed by atoms with Crippen molar-refractivity contribution in [2.45, 2.75) is 31.3 Å². The number of hydrogen-bond donors (Lipinski definition) is 2. The number of hydrogen-bond acceptors (Lipinski definition) is 3. The van der Waals surface area contributed by atoms with Crippen LogP contribution in [0.25, 0.3) is 0 Å². The maximum absolute atomic E-state index is 5.71. The van der Waals surface area contributed by atoms with Crippen molar-refractivity contribution in [1.29, 1.82) is 0 Å². The van der Waals surface area contributed by atoms with Gasteiger partial charge in [-0.15, -0.1) is 0 Å². The van der Waals surface area contributed by atoms with Crippen molar-refractivity contribution in [3.63, 3.8) is 0 Å². The smallest absolute Gasteiger partial charge is 0.124 e. The van der Waals surface area contributed by atoms with Crippen LogP contribution < -0.4 is 15.4 Å². The van der Waals surface area contributed by atoms with Gasteiger partial charge in [-0.05, 0) is 38.4 Å². The summed E-state index contributed by atoms with van der Waals surface area (Å²) in [5.74, 6) is 1.05. The fourth-order valence-corrected chi connectivity index (χ4v) is 2.77. The molecule has 17 heavy (non-hydrogen) atoms. The zero-order chi connectivity index (χ0) is 11.5. The average Bonchev–Trinajstić information content (AvgIpc) is 2.59. The van der Waals surface area contributed by atoms with Crippen LogP contribution in [0.5, 0.6) is 5.75 Å². The van der Waals surface area contributed by atoms with Crippen LogP contribution in [0.1, 0.15) is 30.9 Å². The van der Waals surface area contributed by atoms with E-state index in [0.717, 1.165) is 25.4 Å². The van der Waals surface area contributed by atoms with Crippen molar-refractivity contribution in [1.82, 2.24) is 10.6 Å². The number of ether oxygens (including phenoxy) is 1. The molecule has 0 aromatic heterocycles. The lowest BCUT2D eigenvalue weighted by Crippen LogP contribution is -2.34. The second kappa shape index (κ2) is 5.07. The highest BCUT2D eigenvalue weighted by Crippen LogP contribution is 2.32. The summed E-state index contributed by atoms with van der Waals surface area (Å²) in [5, 5.41) is 7.20. The van der Waals surface area contributed by atoms with E-state index >= 15 is 0 Å². The number of benzene rings is 1. The molecule has 2 aliphatic rings. The highest BCUT2D eigenvalue weighted by atomic mass is 16.5. The zero-order valence-electron chi connectivity index (χ0n) is 10.1. The minimum Gasteiger partial charge on any atom is -0.491 e. The standard InChI is InChI=1S/C14H20N2O/c1-2-6-14-12(5-1)13(10-17-14)16-11-4-3-8-15-9-7-11/h1-2,5-6,11,13,15-16H,3-4,7-10H2.